The molecular weight excluding hydrogens is 378 g/mol. The molecule has 1 saturated carbocycles. The molecule has 2 fully saturated rings. The van der Waals surface area contributed by atoms with Gasteiger partial charge in [0, 0.05) is 22.7 Å². The van der Waals surface area contributed by atoms with Crippen molar-refractivity contribution in [2.45, 2.75) is 55.2 Å². The molecule has 2 aliphatic heterocycles. The SMILES string of the molecule is C[C@H]1CCN(C(=O)CN2C(=O)C(=O)N(C3CCCC3)C2=O)c2ccccc2S1. The molecule has 0 unspecified atom stereocenters. The number of rotatable bonds is 3. The molecule has 1 saturated heterocycles. The summed E-state index contributed by atoms with van der Waals surface area (Å²) in [5.41, 5.74) is 0.792. The van der Waals surface area contributed by atoms with E-state index in [0.717, 1.165) is 52.5 Å². The highest BCUT2D eigenvalue weighted by atomic mass is 32.2. The molecule has 28 heavy (non-hydrogen) atoms. The fourth-order valence-electron chi connectivity index (χ4n) is 4.11. The van der Waals surface area contributed by atoms with E-state index in [2.05, 4.69) is 6.92 Å². The van der Waals surface area contributed by atoms with E-state index in [1.54, 1.807) is 16.7 Å². The Kier molecular flexibility index (Phi) is 5.14. The highest BCUT2D eigenvalue weighted by molar-refractivity contribution is 8.00. The number of nitrogens with zero attached hydrogens (tertiary/aromatic N) is 3. The van der Waals surface area contributed by atoms with Crippen molar-refractivity contribution in [3.63, 3.8) is 0 Å². The molecule has 148 valence electrons. The molecule has 3 aliphatic rings. The summed E-state index contributed by atoms with van der Waals surface area (Å²) >= 11 is 1.71. The first-order valence-electron chi connectivity index (χ1n) is 9.72. The number of carbonyl (C=O) groups is 4. The van der Waals surface area contributed by atoms with Crippen molar-refractivity contribution in [2.75, 3.05) is 18.0 Å². The minimum Gasteiger partial charge on any atom is -0.310 e. The van der Waals surface area contributed by atoms with Gasteiger partial charge in [0.05, 0.1) is 5.69 Å². The summed E-state index contributed by atoms with van der Waals surface area (Å²) in [6, 6.07) is 6.77. The Bertz CT molecular complexity index is 836. The van der Waals surface area contributed by atoms with Crippen molar-refractivity contribution in [1.82, 2.24) is 9.80 Å². The molecule has 1 aromatic rings. The second kappa shape index (κ2) is 7.58. The van der Waals surface area contributed by atoms with Crippen molar-refractivity contribution in [2.24, 2.45) is 0 Å². The first kappa shape index (κ1) is 19.0. The van der Waals surface area contributed by atoms with Gasteiger partial charge in [0.1, 0.15) is 6.54 Å². The topological polar surface area (TPSA) is 78.0 Å². The first-order chi connectivity index (χ1) is 13.5. The summed E-state index contributed by atoms with van der Waals surface area (Å²) < 4.78 is 0. The van der Waals surface area contributed by atoms with Crippen LogP contribution in [0.2, 0.25) is 0 Å². The van der Waals surface area contributed by atoms with Crippen LogP contribution in [0.15, 0.2) is 29.2 Å². The van der Waals surface area contributed by atoms with Gasteiger partial charge in [-0.15, -0.1) is 11.8 Å². The molecule has 1 aromatic carbocycles. The van der Waals surface area contributed by atoms with Crippen LogP contribution in [-0.2, 0) is 14.4 Å². The zero-order valence-corrected chi connectivity index (χ0v) is 16.6. The summed E-state index contributed by atoms with van der Waals surface area (Å²) in [6.07, 6.45) is 4.13. The van der Waals surface area contributed by atoms with E-state index in [9.17, 15) is 19.2 Å². The van der Waals surface area contributed by atoms with Gasteiger partial charge in [0.2, 0.25) is 5.91 Å². The third-order valence-electron chi connectivity index (χ3n) is 5.61. The number of urea groups is 1. The first-order valence-corrected chi connectivity index (χ1v) is 10.6. The van der Waals surface area contributed by atoms with Crippen LogP contribution in [0, 0.1) is 0 Å². The van der Waals surface area contributed by atoms with Crippen molar-refractivity contribution in [1.29, 1.82) is 0 Å². The van der Waals surface area contributed by atoms with Gasteiger partial charge in [-0.05, 0) is 31.4 Å². The number of anilines is 1. The second-order valence-electron chi connectivity index (χ2n) is 7.52. The Labute approximate surface area is 168 Å². The third kappa shape index (κ3) is 3.30. The molecule has 0 bridgehead atoms. The molecule has 4 rings (SSSR count). The molecule has 0 radical (unpaired) electrons. The number of imide groups is 2. The smallest absolute Gasteiger partial charge is 0.310 e. The van der Waals surface area contributed by atoms with Gasteiger partial charge >= 0.3 is 17.8 Å². The van der Waals surface area contributed by atoms with Crippen LogP contribution in [0.1, 0.15) is 39.0 Å². The van der Waals surface area contributed by atoms with Crippen molar-refractivity contribution < 1.29 is 19.2 Å². The fourth-order valence-corrected chi connectivity index (χ4v) is 5.23. The Hall–Kier alpha value is -2.35. The van der Waals surface area contributed by atoms with Crippen LogP contribution in [0.3, 0.4) is 0 Å². The maximum atomic E-state index is 13.0. The van der Waals surface area contributed by atoms with Gasteiger partial charge in [-0.25, -0.2) is 9.69 Å². The lowest BCUT2D eigenvalue weighted by molar-refractivity contribution is -0.144. The van der Waals surface area contributed by atoms with Gasteiger partial charge in [-0.2, -0.15) is 0 Å². The highest BCUT2D eigenvalue weighted by Crippen LogP contribution is 2.37. The monoisotopic (exact) mass is 401 g/mol. The second-order valence-corrected chi connectivity index (χ2v) is 9.00. The molecule has 1 aliphatic carbocycles. The largest absolute Gasteiger partial charge is 0.334 e. The average molecular weight is 401 g/mol. The molecule has 0 aromatic heterocycles. The molecule has 8 heteroatoms. The number of amides is 5. The number of hydrogen-bond acceptors (Lipinski definition) is 5. The van der Waals surface area contributed by atoms with Crippen LogP contribution in [0.4, 0.5) is 10.5 Å². The number of hydrogen-bond donors (Lipinski definition) is 0. The molecule has 0 N–H and O–H groups in total. The standard InChI is InChI=1S/C20H23N3O4S/c1-13-10-11-21(15-8-4-5-9-16(15)28-13)17(24)12-22-18(25)19(26)23(20(22)27)14-6-2-3-7-14/h4-5,8-9,13-14H,2-3,6-7,10-12H2,1H3/t13-/m0/s1. The van der Waals surface area contributed by atoms with Gasteiger partial charge in [-0.3, -0.25) is 19.3 Å². The van der Waals surface area contributed by atoms with Crippen LogP contribution in [0.5, 0.6) is 0 Å². The maximum Gasteiger partial charge on any atom is 0.334 e. The molecule has 7 nitrogen and oxygen atoms in total. The zero-order chi connectivity index (χ0) is 19.8. The summed E-state index contributed by atoms with van der Waals surface area (Å²) in [5, 5.41) is 0.355. The number of para-hydroxylation sites is 1. The number of benzene rings is 1. The van der Waals surface area contributed by atoms with Gasteiger partial charge in [0.25, 0.3) is 0 Å². The van der Waals surface area contributed by atoms with E-state index in [4.69, 9.17) is 0 Å². The van der Waals surface area contributed by atoms with E-state index in [1.165, 1.54) is 0 Å². The van der Waals surface area contributed by atoms with Gasteiger partial charge in [0.15, 0.2) is 0 Å². The highest BCUT2D eigenvalue weighted by Gasteiger charge is 2.49. The van der Waals surface area contributed by atoms with Crippen molar-refractivity contribution in [3.8, 4) is 0 Å². The number of thioether (sulfide) groups is 1. The van der Waals surface area contributed by atoms with E-state index in [1.807, 2.05) is 24.3 Å². The van der Waals surface area contributed by atoms with Gasteiger partial charge in [-0.1, -0.05) is 31.9 Å². The molecule has 2 heterocycles. The van der Waals surface area contributed by atoms with Crippen LogP contribution >= 0.6 is 11.8 Å². The van der Waals surface area contributed by atoms with E-state index in [0.29, 0.717) is 11.8 Å². The van der Waals surface area contributed by atoms with E-state index in [-0.39, 0.29) is 11.9 Å². The Morgan fingerprint density at radius 1 is 1.07 bits per heavy atom. The molecular formula is C20H23N3O4S. The quantitative estimate of drug-likeness (QED) is 0.575. The summed E-state index contributed by atoms with van der Waals surface area (Å²) in [6.45, 7) is 2.22. The van der Waals surface area contributed by atoms with Crippen LogP contribution in [0.25, 0.3) is 0 Å². The molecule has 5 amide bonds. The minimum absolute atomic E-state index is 0.222. The van der Waals surface area contributed by atoms with Crippen LogP contribution < -0.4 is 4.90 Å². The lowest BCUT2D eigenvalue weighted by atomic mass is 10.2. The normalized spacial score (nSPS) is 23.4. The third-order valence-corrected chi connectivity index (χ3v) is 6.85. The Morgan fingerprint density at radius 3 is 2.54 bits per heavy atom. The zero-order valence-electron chi connectivity index (χ0n) is 15.8. The van der Waals surface area contributed by atoms with Crippen LogP contribution in [-0.4, -0.2) is 57.9 Å². The summed E-state index contributed by atoms with van der Waals surface area (Å²) in [7, 11) is 0. The van der Waals surface area contributed by atoms with Gasteiger partial charge < -0.3 is 4.90 Å². The Balaban J connectivity index is 1.54. The van der Waals surface area contributed by atoms with Crippen molar-refractivity contribution >= 4 is 41.2 Å². The fraction of sp³-hybridized carbons (Fsp3) is 0.500. The molecule has 0 spiro atoms. The summed E-state index contributed by atoms with van der Waals surface area (Å²) in [4.78, 5) is 55.1. The molecule has 1 atom stereocenters. The lowest BCUT2D eigenvalue weighted by Gasteiger charge is -2.25. The predicted molar refractivity (Wildman–Crippen MR) is 105 cm³/mol. The Morgan fingerprint density at radius 2 is 1.79 bits per heavy atom. The predicted octanol–water partition coefficient (Wildman–Crippen LogP) is 2.64. The lowest BCUT2D eigenvalue weighted by Crippen LogP contribution is -2.45. The van der Waals surface area contributed by atoms with E-state index < -0.39 is 24.4 Å². The number of fused-ring (bicyclic) bond motifs is 1. The average Bonchev–Trinajstić information content (AvgIpc) is 3.21. The number of carbonyl (C=O) groups excluding carboxylic acids is 4. The minimum atomic E-state index is -0.892. The summed E-state index contributed by atoms with van der Waals surface area (Å²) in [5.74, 6) is -2.04. The van der Waals surface area contributed by atoms with Crippen molar-refractivity contribution in [3.05, 3.63) is 24.3 Å². The maximum absolute atomic E-state index is 13.0. The van der Waals surface area contributed by atoms with E-state index >= 15 is 0 Å².